The number of hydrogen-bond acceptors (Lipinski definition) is 3. The van der Waals surface area contributed by atoms with Gasteiger partial charge in [-0.05, 0) is 12.5 Å². The quantitative estimate of drug-likeness (QED) is 0.822. The molecule has 5 nitrogen and oxygen atoms in total. The fourth-order valence-corrected chi connectivity index (χ4v) is 1.95. The van der Waals surface area contributed by atoms with Gasteiger partial charge in [0.05, 0.1) is 6.04 Å². The summed E-state index contributed by atoms with van der Waals surface area (Å²) in [6, 6.07) is 9.74. The zero-order valence-electron chi connectivity index (χ0n) is 11.6. The average molecular weight is 272 g/mol. The molecule has 2 aromatic rings. The second-order valence-corrected chi connectivity index (χ2v) is 4.79. The van der Waals surface area contributed by atoms with Crippen LogP contribution in [-0.2, 0) is 17.8 Å². The number of hydrogen-bond donors (Lipinski definition) is 2. The van der Waals surface area contributed by atoms with Gasteiger partial charge in [0.1, 0.15) is 5.82 Å². The van der Waals surface area contributed by atoms with Crippen molar-refractivity contribution in [2.45, 2.75) is 25.9 Å². The van der Waals surface area contributed by atoms with E-state index in [2.05, 4.69) is 27.0 Å². The van der Waals surface area contributed by atoms with Gasteiger partial charge >= 0.3 is 0 Å². The van der Waals surface area contributed by atoms with E-state index in [0.717, 1.165) is 12.4 Å². The molecule has 5 heteroatoms. The maximum Gasteiger partial charge on any atom is 0.236 e. The lowest BCUT2D eigenvalue weighted by molar-refractivity contribution is -0.121. The Bertz CT molecular complexity index is 548. The number of nitrogens with zero attached hydrogens (tertiary/aromatic N) is 2. The molecular weight excluding hydrogens is 252 g/mol. The second-order valence-electron chi connectivity index (χ2n) is 4.79. The number of aromatic nitrogens is 2. The zero-order chi connectivity index (χ0) is 14.4. The monoisotopic (exact) mass is 272 g/mol. The van der Waals surface area contributed by atoms with Gasteiger partial charge in [0.15, 0.2) is 0 Å². The average Bonchev–Trinajstić information content (AvgIpc) is 2.87. The van der Waals surface area contributed by atoms with Gasteiger partial charge in [0.25, 0.3) is 0 Å². The van der Waals surface area contributed by atoms with E-state index in [4.69, 9.17) is 5.73 Å². The minimum absolute atomic E-state index is 0.133. The van der Waals surface area contributed by atoms with Gasteiger partial charge in [-0.3, -0.25) is 4.79 Å². The summed E-state index contributed by atoms with van der Waals surface area (Å²) >= 11 is 0. The highest BCUT2D eigenvalue weighted by molar-refractivity contribution is 5.80. The first-order valence-corrected chi connectivity index (χ1v) is 6.74. The predicted octanol–water partition coefficient (Wildman–Crippen LogP) is 0.937. The Morgan fingerprint density at radius 3 is 2.85 bits per heavy atom. The third kappa shape index (κ3) is 3.93. The Morgan fingerprint density at radius 2 is 2.15 bits per heavy atom. The van der Waals surface area contributed by atoms with E-state index in [1.807, 2.05) is 24.4 Å². The zero-order valence-corrected chi connectivity index (χ0v) is 11.6. The second kappa shape index (κ2) is 6.86. The standard InChI is InChI=1S/C15H20N4O/c1-12(16)15(20)18-8-7-14-17-9-10-19(14)11-13-5-3-2-4-6-13/h2-6,9-10,12H,7-8,11,16H2,1H3,(H,18,20)/t12-/m1/s1. The van der Waals surface area contributed by atoms with Gasteiger partial charge in [-0.1, -0.05) is 30.3 Å². The van der Waals surface area contributed by atoms with Crippen LogP contribution in [0.2, 0.25) is 0 Å². The summed E-state index contributed by atoms with van der Waals surface area (Å²) in [4.78, 5) is 15.7. The normalized spacial score (nSPS) is 12.1. The molecule has 1 aromatic heterocycles. The number of carbonyl (C=O) groups excluding carboxylic acids is 1. The molecule has 0 unspecified atom stereocenters. The van der Waals surface area contributed by atoms with Crippen LogP contribution in [0.15, 0.2) is 42.7 Å². The Kier molecular flexibility index (Phi) is 4.90. The summed E-state index contributed by atoms with van der Waals surface area (Å²) in [5, 5.41) is 2.79. The molecular formula is C15H20N4O. The Labute approximate surface area is 118 Å². The van der Waals surface area contributed by atoms with Crippen molar-refractivity contribution >= 4 is 5.91 Å². The molecule has 0 aliphatic rings. The Hall–Kier alpha value is -2.14. The smallest absolute Gasteiger partial charge is 0.236 e. The third-order valence-electron chi connectivity index (χ3n) is 3.06. The van der Waals surface area contributed by atoms with E-state index in [1.165, 1.54) is 5.56 Å². The van der Waals surface area contributed by atoms with Gasteiger partial charge < -0.3 is 15.6 Å². The summed E-state index contributed by atoms with van der Waals surface area (Å²) in [6.45, 7) is 3.01. The molecule has 106 valence electrons. The first-order valence-electron chi connectivity index (χ1n) is 6.74. The molecule has 0 saturated heterocycles. The lowest BCUT2D eigenvalue weighted by Gasteiger charge is -2.10. The molecule has 0 aliphatic heterocycles. The summed E-state index contributed by atoms with van der Waals surface area (Å²) in [5.74, 6) is 0.824. The predicted molar refractivity (Wildman–Crippen MR) is 78.1 cm³/mol. The highest BCUT2D eigenvalue weighted by Gasteiger charge is 2.08. The van der Waals surface area contributed by atoms with Crippen LogP contribution in [0.25, 0.3) is 0 Å². The largest absolute Gasteiger partial charge is 0.354 e. The molecule has 1 heterocycles. The maximum absolute atomic E-state index is 11.4. The molecule has 0 spiro atoms. The van der Waals surface area contributed by atoms with Crippen LogP contribution in [0.5, 0.6) is 0 Å². The molecule has 0 saturated carbocycles. The van der Waals surface area contributed by atoms with Crippen molar-refractivity contribution in [1.29, 1.82) is 0 Å². The molecule has 0 radical (unpaired) electrons. The number of rotatable bonds is 6. The molecule has 0 bridgehead atoms. The van der Waals surface area contributed by atoms with Gasteiger partial charge in [0, 0.05) is 31.9 Å². The first-order chi connectivity index (χ1) is 9.66. The molecule has 1 aromatic carbocycles. The van der Waals surface area contributed by atoms with Crippen LogP contribution in [0, 0.1) is 0 Å². The van der Waals surface area contributed by atoms with Gasteiger partial charge in [-0.2, -0.15) is 0 Å². The number of carbonyl (C=O) groups is 1. The van der Waals surface area contributed by atoms with E-state index in [0.29, 0.717) is 13.0 Å². The van der Waals surface area contributed by atoms with Gasteiger partial charge in [-0.25, -0.2) is 4.98 Å². The van der Waals surface area contributed by atoms with Crippen LogP contribution in [0.1, 0.15) is 18.3 Å². The summed E-state index contributed by atoms with van der Waals surface area (Å²) in [7, 11) is 0. The lowest BCUT2D eigenvalue weighted by Crippen LogP contribution is -2.39. The fourth-order valence-electron chi connectivity index (χ4n) is 1.95. The number of amides is 1. The van der Waals surface area contributed by atoms with Crippen LogP contribution in [-0.4, -0.2) is 28.0 Å². The van der Waals surface area contributed by atoms with Crippen molar-refractivity contribution in [2.24, 2.45) is 5.73 Å². The van der Waals surface area contributed by atoms with E-state index >= 15 is 0 Å². The molecule has 1 atom stereocenters. The molecule has 0 fully saturated rings. The number of benzene rings is 1. The highest BCUT2D eigenvalue weighted by atomic mass is 16.2. The fraction of sp³-hybridized carbons (Fsp3) is 0.333. The molecule has 0 aliphatic carbocycles. The number of nitrogens with two attached hydrogens (primary N) is 1. The molecule has 1 amide bonds. The van der Waals surface area contributed by atoms with Crippen LogP contribution < -0.4 is 11.1 Å². The van der Waals surface area contributed by atoms with Gasteiger partial charge in [-0.15, -0.1) is 0 Å². The minimum atomic E-state index is -0.473. The SMILES string of the molecule is C[C@@H](N)C(=O)NCCc1nccn1Cc1ccccc1. The summed E-state index contributed by atoms with van der Waals surface area (Å²) in [5.41, 5.74) is 6.72. The summed E-state index contributed by atoms with van der Waals surface area (Å²) < 4.78 is 2.09. The van der Waals surface area contributed by atoms with Crippen LogP contribution in [0.4, 0.5) is 0 Å². The maximum atomic E-state index is 11.4. The number of nitrogens with one attached hydrogen (secondary N) is 1. The Balaban J connectivity index is 1.90. The van der Waals surface area contributed by atoms with Crippen molar-refractivity contribution in [3.05, 3.63) is 54.1 Å². The minimum Gasteiger partial charge on any atom is -0.354 e. The molecule has 3 N–H and O–H groups in total. The third-order valence-corrected chi connectivity index (χ3v) is 3.06. The number of imidazole rings is 1. The first kappa shape index (κ1) is 14.3. The van der Waals surface area contributed by atoms with E-state index < -0.39 is 6.04 Å². The molecule has 20 heavy (non-hydrogen) atoms. The lowest BCUT2D eigenvalue weighted by atomic mass is 10.2. The molecule has 2 rings (SSSR count). The van der Waals surface area contributed by atoms with Crippen molar-refractivity contribution in [1.82, 2.24) is 14.9 Å². The van der Waals surface area contributed by atoms with Crippen molar-refractivity contribution in [3.8, 4) is 0 Å². The van der Waals surface area contributed by atoms with Crippen LogP contribution in [0.3, 0.4) is 0 Å². The van der Waals surface area contributed by atoms with Crippen molar-refractivity contribution < 1.29 is 4.79 Å². The Morgan fingerprint density at radius 1 is 1.40 bits per heavy atom. The topological polar surface area (TPSA) is 72.9 Å². The van der Waals surface area contributed by atoms with Crippen LogP contribution >= 0.6 is 0 Å². The summed E-state index contributed by atoms with van der Waals surface area (Å²) in [6.07, 6.45) is 4.43. The van der Waals surface area contributed by atoms with Gasteiger partial charge in [0.2, 0.25) is 5.91 Å². The van der Waals surface area contributed by atoms with Crippen molar-refractivity contribution in [2.75, 3.05) is 6.54 Å². The highest BCUT2D eigenvalue weighted by Crippen LogP contribution is 2.05. The van der Waals surface area contributed by atoms with Crippen molar-refractivity contribution in [3.63, 3.8) is 0 Å². The van der Waals surface area contributed by atoms with E-state index in [9.17, 15) is 4.79 Å². The van der Waals surface area contributed by atoms with E-state index in [1.54, 1.807) is 13.1 Å². The van der Waals surface area contributed by atoms with E-state index in [-0.39, 0.29) is 5.91 Å².